The maximum Gasteiger partial charge on any atom is 0.255 e. The zero-order valence-corrected chi connectivity index (χ0v) is 21.8. The highest BCUT2D eigenvalue weighted by atomic mass is 16.2. The average molecular weight is 516 g/mol. The van der Waals surface area contributed by atoms with Crippen molar-refractivity contribution in [3.05, 3.63) is 46.6 Å². The zero-order valence-electron chi connectivity index (χ0n) is 21.8. The molecule has 5 aliphatic rings. The monoisotopic (exact) mass is 515 g/mol. The first-order chi connectivity index (χ1) is 18.2. The van der Waals surface area contributed by atoms with Gasteiger partial charge < -0.3 is 16.0 Å². The summed E-state index contributed by atoms with van der Waals surface area (Å²) in [5, 5.41) is 14.2. The molecule has 7 rings (SSSR count). The highest BCUT2D eigenvalue weighted by Crippen LogP contribution is 2.49. The summed E-state index contributed by atoms with van der Waals surface area (Å²) >= 11 is 0. The van der Waals surface area contributed by atoms with E-state index in [0.29, 0.717) is 48.6 Å². The number of nitrogens with one attached hydrogen (secondary N) is 3. The Bertz CT molecular complexity index is 1370. The quantitative estimate of drug-likeness (QED) is 0.262. The van der Waals surface area contributed by atoms with Gasteiger partial charge in [0, 0.05) is 36.2 Å². The van der Waals surface area contributed by atoms with Gasteiger partial charge in [-0.2, -0.15) is 0 Å². The smallest absolute Gasteiger partial charge is 0.255 e. The number of nitrogen functional groups attached to an aromatic ring is 1. The fourth-order valence-corrected chi connectivity index (χ4v) is 6.24. The lowest BCUT2D eigenvalue weighted by molar-refractivity contribution is -0.160. The zero-order chi connectivity index (χ0) is 26.8. The van der Waals surface area contributed by atoms with Crippen LogP contribution in [0.15, 0.2) is 24.3 Å². The van der Waals surface area contributed by atoms with Crippen LogP contribution in [0.4, 0.5) is 5.69 Å². The van der Waals surface area contributed by atoms with Gasteiger partial charge in [-0.25, -0.2) is 4.98 Å². The van der Waals surface area contributed by atoms with Crippen molar-refractivity contribution in [2.75, 3.05) is 18.8 Å². The van der Waals surface area contributed by atoms with E-state index in [-0.39, 0.29) is 35.5 Å². The number of hydrogen-bond acceptors (Lipinski definition) is 7. The number of imide groups is 1. The molecule has 10 nitrogen and oxygen atoms in total. The minimum Gasteiger partial charge on any atom is -0.397 e. The summed E-state index contributed by atoms with van der Waals surface area (Å²) in [6.45, 7) is 6.98. The lowest BCUT2D eigenvalue weighted by Gasteiger charge is -2.53. The third-order valence-electron chi connectivity index (χ3n) is 8.33. The molecule has 1 aliphatic carbocycles. The van der Waals surface area contributed by atoms with Gasteiger partial charge in [0.2, 0.25) is 5.91 Å². The Labute approximate surface area is 221 Å². The molecule has 4 aliphatic heterocycles. The van der Waals surface area contributed by atoms with Crippen LogP contribution in [0.3, 0.4) is 0 Å². The molecule has 10 heteroatoms. The minimum absolute atomic E-state index is 0.0594. The molecule has 1 aromatic carbocycles. The van der Waals surface area contributed by atoms with Crippen molar-refractivity contribution in [3.63, 3.8) is 0 Å². The standard InChI is InChI=1S/C28H33N7O3/c1-15(2)31-24(30)23-22(29)18(13-34-7-3-4-8-34)10-21(32-23)16-5-6-20-17(9-16)14-35(26(20)37)28-11-19(12-28)25(36)33-27(28)38/h5-6,9-10,15,19H,3-4,7-8,11-14,29H2,1-2H3,(H2,30,31)(H,33,36,38). The Balaban J connectivity index is 1.34. The summed E-state index contributed by atoms with van der Waals surface area (Å²) in [4.78, 5) is 46.8. The van der Waals surface area contributed by atoms with E-state index in [9.17, 15) is 14.4 Å². The second-order valence-corrected chi connectivity index (χ2v) is 11.3. The van der Waals surface area contributed by atoms with Gasteiger partial charge in [-0.15, -0.1) is 0 Å². The number of benzene rings is 1. The topological polar surface area (TPSA) is 145 Å². The number of carbonyl (C=O) groups excluding carboxylic acids is 3. The lowest BCUT2D eigenvalue weighted by Crippen LogP contribution is -2.73. The number of rotatable bonds is 6. The molecule has 198 valence electrons. The second-order valence-electron chi connectivity index (χ2n) is 11.3. The van der Waals surface area contributed by atoms with Gasteiger partial charge in [-0.05, 0) is 81.9 Å². The molecule has 1 aromatic heterocycles. The molecule has 3 saturated heterocycles. The highest BCUT2D eigenvalue weighted by molar-refractivity contribution is 6.11. The molecule has 38 heavy (non-hydrogen) atoms. The van der Waals surface area contributed by atoms with E-state index in [4.69, 9.17) is 16.1 Å². The Morgan fingerprint density at radius 2 is 1.95 bits per heavy atom. The number of amidine groups is 1. The van der Waals surface area contributed by atoms with Crippen molar-refractivity contribution in [2.45, 2.75) is 64.2 Å². The molecule has 1 saturated carbocycles. The van der Waals surface area contributed by atoms with Crippen LogP contribution >= 0.6 is 0 Å². The molecule has 0 spiro atoms. The number of nitrogens with zero attached hydrogens (tertiary/aromatic N) is 3. The van der Waals surface area contributed by atoms with E-state index in [0.717, 1.165) is 29.8 Å². The van der Waals surface area contributed by atoms with Crippen molar-refractivity contribution >= 4 is 29.2 Å². The van der Waals surface area contributed by atoms with Gasteiger partial charge in [0.1, 0.15) is 17.1 Å². The van der Waals surface area contributed by atoms with Crippen LogP contribution in [0, 0.1) is 11.3 Å². The largest absolute Gasteiger partial charge is 0.397 e. The first kappa shape index (κ1) is 24.5. The third kappa shape index (κ3) is 3.86. The number of likely N-dealkylation sites (tertiary alicyclic amines) is 1. The lowest BCUT2D eigenvalue weighted by atomic mass is 9.63. The van der Waals surface area contributed by atoms with Gasteiger partial charge in [-0.3, -0.25) is 30.0 Å². The number of carbonyl (C=O) groups is 3. The Kier molecular flexibility index (Phi) is 5.75. The SMILES string of the molecule is CC(C)NC(=N)c1nc(-c2ccc3c(c2)CN(C24CC(C2)C(=O)NC4=O)C3=O)cc(CN2CCCC2)c1N. The van der Waals surface area contributed by atoms with E-state index in [1.807, 2.05) is 32.0 Å². The molecule has 0 atom stereocenters. The number of hydrogen-bond donors (Lipinski definition) is 4. The predicted octanol–water partition coefficient (Wildman–Crippen LogP) is 2.01. The third-order valence-corrected chi connectivity index (χ3v) is 8.33. The molecule has 0 radical (unpaired) electrons. The first-order valence-corrected chi connectivity index (χ1v) is 13.3. The van der Waals surface area contributed by atoms with Crippen LogP contribution in [0.1, 0.15) is 66.7 Å². The highest BCUT2D eigenvalue weighted by Gasteiger charge is 2.62. The Morgan fingerprint density at radius 3 is 2.63 bits per heavy atom. The fraction of sp³-hybridized carbons (Fsp3) is 0.464. The van der Waals surface area contributed by atoms with Crippen LogP contribution in [-0.4, -0.2) is 63.0 Å². The molecule has 3 amide bonds. The summed E-state index contributed by atoms with van der Waals surface area (Å²) < 4.78 is 0. The molecule has 2 aromatic rings. The average Bonchev–Trinajstić information content (AvgIpc) is 3.46. The van der Waals surface area contributed by atoms with Gasteiger partial charge >= 0.3 is 0 Å². The molecular weight excluding hydrogens is 482 g/mol. The van der Waals surface area contributed by atoms with Crippen molar-refractivity contribution in [1.29, 1.82) is 5.41 Å². The van der Waals surface area contributed by atoms with Gasteiger partial charge in [0.15, 0.2) is 0 Å². The van der Waals surface area contributed by atoms with Gasteiger partial charge in [0.05, 0.1) is 11.4 Å². The van der Waals surface area contributed by atoms with Gasteiger partial charge in [-0.1, -0.05) is 6.07 Å². The number of nitrogens with two attached hydrogens (primary N) is 1. The van der Waals surface area contributed by atoms with Crippen molar-refractivity contribution in [3.8, 4) is 11.3 Å². The maximum atomic E-state index is 13.3. The van der Waals surface area contributed by atoms with E-state index >= 15 is 0 Å². The van der Waals surface area contributed by atoms with Crippen LogP contribution in [0.25, 0.3) is 11.3 Å². The number of amides is 3. The Morgan fingerprint density at radius 1 is 1.21 bits per heavy atom. The minimum atomic E-state index is -0.943. The van der Waals surface area contributed by atoms with E-state index in [1.54, 1.807) is 11.0 Å². The number of fused-ring (bicyclic) bond motifs is 3. The molecular formula is C28H33N7O3. The number of anilines is 1. The predicted molar refractivity (Wildman–Crippen MR) is 142 cm³/mol. The van der Waals surface area contributed by atoms with E-state index < -0.39 is 5.54 Å². The number of pyridine rings is 1. The van der Waals surface area contributed by atoms with Crippen molar-refractivity contribution in [1.82, 2.24) is 25.4 Å². The van der Waals surface area contributed by atoms with Crippen molar-refractivity contribution < 1.29 is 14.4 Å². The van der Waals surface area contributed by atoms with Crippen molar-refractivity contribution in [2.24, 2.45) is 5.92 Å². The van der Waals surface area contributed by atoms with E-state index in [2.05, 4.69) is 15.5 Å². The first-order valence-electron chi connectivity index (χ1n) is 13.3. The second kappa shape index (κ2) is 8.90. The summed E-state index contributed by atoms with van der Waals surface area (Å²) in [5.74, 6) is -0.824. The summed E-state index contributed by atoms with van der Waals surface area (Å²) in [5.41, 5.74) is 10.4. The molecule has 2 bridgehead atoms. The summed E-state index contributed by atoms with van der Waals surface area (Å²) in [6.07, 6.45) is 3.11. The fourth-order valence-electron chi connectivity index (χ4n) is 6.24. The van der Waals surface area contributed by atoms with Crippen LogP contribution in [0.5, 0.6) is 0 Å². The summed E-state index contributed by atoms with van der Waals surface area (Å²) in [7, 11) is 0. The van der Waals surface area contributed by atoms with Crippen LogP contribution in [-0.2, 0) is 22.7 Å². The number of piperidine rings is 2. The van der Waals surface area contributed by atoms with Crippen LogP contribution in [0.2, 0.25) is 0 Å². The normalized spacial score (nSPS) is 24.4. The Hall–Kier alpha value is -3.79. The van der Waals surface area contributed by atoms with Crippen LogP contribution < -0.4 is 16.4 Å². The van der Waals surface area contributed by atoms with E-state index in [1.165, 1.54) is 12.8 Å². The van der Waals surface area contributed by atoms with Gasteiger partial charge in [0.25, 0.3) is 11.8 Å². The molecule has 5 N–H and O–H groups in total. The molecule has 4 fully saturated rings. The molecule has 0 unspecified atom stereocenters. The maximum absolute atomic E-state index is 13.3. The number of aromatic nitrogens is 1. The molecule has 5 heterocycles. The summed E-state index contributed by atoms with van der Waals surface area (Å²) in [6, 6.07) is 7.66.